The highest BCUT2D eigenvalue weighted by molar-refractivity contribution is 5.91. The summed E-state index contributed by atoms with van der Waals surface area (Å²) in [6, 6.07) is 11.8. The third-order valence-electron chi connectivity index (χ3n) is 4.13. The van der Waals surface area contributed by atoms with Gasteiger partial charge in [-0.1, -0.05) is 35.5 Å². The number of carbonyl (C=O) groups is 1. The largest absolute Gasteiger partial charge is 0.394 e. The number of aryl methyl sites for hydroxylation is 2. The average Bonchev–Trinajstić information content (AvgIpc) is 3.22. The molecule has 22 heavy (non-hydrogen) atoms. The van der Waals surface area contributed by atoms with Crippen LogP contribution in [0.3, 0.4) is 0 Å². The van der Waals surface area contributed by atoms with Crippen LogP contribution in [-0.4, -0.2) is 40.3 Å². The summed E-state index contributed by atoms with van der Waals surface area (Å²) in [5.41, 5.74) is 2.02. The molecule has 1 aromatic carbocycles. The standard InChI is InChI=1S/C17H20N2O3/c20-12-15-7-4-10-19(15)17(21)16-11-14(18-22-16)9-8-13-5-2-1-3-6-13/h1-3,5-6,11,15,20H,4,7-10,12H2/t15-/m0/s1. The van der Waals surface area contributed by atoms with Crippen LogP contribution < -0.4 is 0 Å². The highest BCUT2D eigenvalue weighted by Gasteiger charge is 2.30. The Morgan fingerprint density at radius 2 is 2.14 bits per heavy atom. The van der Waals surface area contributed by atoms with E-state index in [1.165, 1.54) is 5.56 Å². The molecule has 0 aliphatic carbocycles. The van der Waals surface area contributed by atoms with Crippen LogP contribution in [0.15, 0.2) is 40.9 Å². The maximum atomic E-state index is 12.4. The normalized spacial score (nSPS) is 17.9. The van der Waals surface area contributed by atoms with Gasteiger partial charge in [0.15, 0.2) is 0 Å². The van der Waals surface area contributed by atoms with Crippen LogP contribution in [-0.2, 0) is 12.8 Å². The van der Waals surface area contributed by atoms with E-state index in [0.29, 0.717) is 6.54 Å². The van der Waals surface area contributed by atoms with Crippen LogP contribution in [0.2, 0.25) is 0 Å². The lowest BCUT2D eigenvalue weighted by Crippen LogP contribution is -2.37. The van der Waals surface area contributed by atoms with Gasteiger partial charge in [0.1, 0.15) is 0 Å². The summed E-state index contributed by atoms with van der Waals surface area (Å²) in [6.45, 7) is 0.671. The van der Waals surface area contributed by atoms with E-state index >= 15 is 0 Å². The van der Waals surface area contributed by atoms with Crippen molar-refractivity contribution in [2.45, 2.75) is 31.7 Å². The van der Waals surface area contributed by atoms with E-state index in [1.807, 2.05) is 18.2 Å². The van der Waals surface area contributed by atoms with Gasteiger partial charge >= 0.3 is 0 Å². The number of likely N-dealkylation sites (tertiary alicyclic amines) is 1. The molecule has 2 aromatic rings. The third-order valence-corrected chi connectivity index (χ3v) is 4.13. The molecule has 1 amide bonds. The molecule has 2 heterocycles. The van der Waals surface area contributed by atoms with Gasteiger partial charge in [-0.15, -0.1) is 0 Å². The molecule has 0 spiro atoms. The average molecular weight is 300 g/mol. The van der Waals surface area contributed by atoms with E-state index in [-0.39, 0.29) is 24.3 Å². The van der Waals surface area contributed by atoms with Crippen molar-refractivity contribution in [2.75, 3.05) is 13.2 Å². The topological polar surface area (TPSA) is 66.6 Å². The molecule has 3 rings (SSSR count). The second-order valence-electron chi connectivity index (χ2n) is 5.65. The molecule has 1 atom stereocenters. The first-order chi connectivity index (χ1) is 10.8. The predicted molar refractivity (Wildman–Crippen MR) is 81.5 cm³/mol. The quantitative estimate of drug-likeness (QED) is 0.918. The van der Waals surface area contributed by atoms with Crippen LogP contribution in [0.4, 0.5) is 0 Å². The molecule has 116 valence electrons. The second-order valence-corrected chi connectivity index (χ2v) is 5.65. The van der Waals surface area contributed by atoms with Crippen molar-refractivity contribution in [3.05, 3.63) is 53.4 Å². The lowest BCUT2D eigenvalue weighted by atomic mass is 10.1. The van der Waals surface area contributed by atoms with E-state index in [9.17, 15) is 9.90 Å². The van der Waals surface area contributed by atoms with Crippen LogP contribution >= 0.6 is 0 Å². The maximum Gasteiger partial charge on any atom is 0.292 e. The molecule has 5 nitrogen and oxygen atoms in total. The number of aliphatic hydroxyl groups is 1. The number of aromatic nitrogens is 1. The Morgan fingerprint density at radius 1 is 1.32 bits per heavy atom. The monoisotopic (exact) mass is 300 g/mol. The number of amides is 1. The lowest BCUT2D eigenvalue weighted by Gasteiger charge is -2.21. The summed E-state index contributed by atoms with van der Waals surface area (Å²) in [7, 11) is 0. The zero-order valence-electron chi connectivity index (χ0n) is 12.4. The molecule has 1 fully saturated rings. The van der Waals surface area contributed by atoms with Crippen LogP contribution in [0.1, 0.15) is 34.7 Å². The highest BCUT2D eigenvalue weighted by atomic mass is 16.5. The lowest BCUT2D eigenvalue weighted by molar-refractivity contribution is 0.0636. The molecule has 1 aliphatic heterocycles. The zero-order chi connectivity index (χ0) is 15.4. The molecule has 1 N–H and O–H groups in total. The summed E-state index contributed by atoms with van der Waals surface area (Å²) in [6.07, 6.45) is 3.37. The second kappa shape index (κ2) is 6.75. The molecule has 5 heteroatoms. The Labute approximate surface area is 129 Å². The van der Waals surface area contributed by atoms with Crippen molar-refractivity contribution in [1.82, 2.24) is 10.1 Å². The van der Waals surface area contributed by atoms with Crippen LogP contribution in [0, 0.1) is 0 Å². The molecule has 1 saturated heterocycles. The Hall–Kier alpha value is -2.14. The van der Waals surface area contributed by atoms with E-state index < -0.39 is 0 Å². The number of aliphatic hydroxyl groups excluding tert-OH is 1. The van der Waals surface area contributed by atoms with E-state index in [2.05, 4.69) is 17.3 Å². The Kier molecular flexibility index (Phi) is 4.53. The van der Waals surface area contributed by atoms with Gasteiger partial charge in [-0.25, -0.2) is 0 Å². The van der Waals surface area contributed by atoms with Gasteiger partial charge in [0.25, 0.3) is 5.91 Å². The molecule has 1 aliphatic rings. The van der Waals surface area contributed by atoms with Crippen molar-refractivity contribution in [2.24, 2.45) is 0 Å². The van der Waals surface area contributed by atoms with Gasteiger partial charge in [-0.3, -0.25) is 4.79 Å². The molecular weight excluding hydrogens is 280 g/mol. The Morgan fingerprint density at radius 3 is 2.91 bits per heavy atom. The number of hydrogen-bond acceptors (Lipinski definition) is 4. The number of carbonyl (C=O) groups excluding carboxylic acids is 1. The summed E-state index contributed by atoms with van der Waals surface area (Å²) < 4.78 is 5.20. The molecule has 1 aromatic heterocycles. The van der Waals surface area contributed by atoms with Crippen molar-refractivity contribution < 1.29 is 14.4 Å². The number of nitrogens with zero attached hydrogens (tertiary/aromatic N) is 2. The third kappa shape index (κ3) is 3.20. The van der Waals surface area contributed by atoms with Gasteiger partial charge < -0.3 is 14.5 Å². The van der Waals surface area contributed by atoms with Crippen molar-refractivity contribution in [3.63, 3.8) is 0 Å². The van der Waals surface area contributed by atoms with E-state index in [0.717, 1.165) is 31.4 Å². The molecule has 0 saturated carbocycles. The first kappa shape index (κ1) is 14.8. The smallest absolute Gasteiger partial charge is 0.292 e. The SMILES string of the molecule is O=C(c1cc(CCc2ccccc2)no1)N1CCC[C@H]1CO. The number of benzene rings is 1. The summed E-state index contributed by atoms with van der Waals surface area (Å²) in [5.74, 6) is 0.0958. The Balaban J connectivity index is 1.62. The van der Waals surface area contributed by atoms with E-state index in [4.69, 9.17) is 4.52 Å². The van der Waals surface area contributed by atoms with Gasteiger partial charge in [-0.05, 0) is 31.2 Å². The van der Waals surface area contributed by atoms with Crippen LogP contribution in [0.5, 0.6) is 0 Å². The minimum Gasteiger partial charge on any atom is -0.394 e. The fraction of sp³-hybridized carbons (Fsp3) is 0.412. The first-order valence-electron chi connectivity index (χ1n) is 7.69. The van der Waals surface area contributed by atoms with Crippen molar-refractivity contribution in [3.8, 4) is 0 Å². The summed E-state index contributed by atoms with van der Waals surface area (Å²) in [4.78, 5) is 14.1. The van der Waals surface area contributed by atoms with Crippen LogP contribution in [0.25, 0.3) is 0 Å². The highest BCUT2D eigenvalue weighted by Crippen LogP contribution is 2.20. The van der Waals surface area contributed by atoms with Gasteiger partial charge in [0.2, 0.25) is 5.76 Å². The summed E-state index contributed by atoms with van der Waals surface area (Å²) in [5, 5.41) is 13.3. The number of rotatable bonds is 5. The van der Waals surface area contributed by atoms with E-state index in [1.54, 1.807) is 11.0 Å². The summed E-state index contributed by atoms with van der Waals surface area (Å²) >= 11 is 0. The minimum absolute atomic E-state index is 0.000736. The van der Waals surface area contributed by atoms with Crippen molar-refractivity contribution >= 4 is 5.91 Å². The molecule has 0 radical (unpaired) electrons. The van der Waals surface area contributed by atoms with Gasteiger partial charge in [-0.2, -0.15) is 0 Å². The first-order valence-corrected chi connectivity index (χ1v) is 7.69. The predicted octanol–water partition coefficient (Wildman–Crippen LogP) is 2.06. The van der Waals surface area contributed by atoms with Crippen molar-refractivity contribution in [1.29, 1.82) is 0 Å². The molecular formula is C17H20N2O3. The maximum absolute atomic E-state index is 12.4. The minimum atomic E-state index is -0.171. The Bertz CT molecular complexity index is 624. The number of hydrogen-bond donors (Lipinski definition) is 1. The van der Waals surface area contributed by atoms with Gasteiger partial charge in [0, 0.05) is 12.6 Å². The molecule has 0 bridgehead atoms. The molecule has 0 unspecified atom stereocenters. The fourth-order valence-electron chi connectivity index (χ4n) is 2.88. The zero-order valence-corrected chi connectivity index (χ0v) is 12.4. The van der Waals surface area contributed by atoms with Gasteiger partial charge in [0.05, 0.1) is 18.3 Å². The fourth-order valence-corrected chi connectivity index (χ4v) is 2.88.